The summed E-state index contributed by atoms with van der Waals surface area (Å²) in [4.78, 5) is 0. The van der Waals surface area contributed by atoms with Gasteiger partial charge >= 0.3 is 0 Å². The lowest BCUT2D eigenvalue weighted by molar-refractivity contribution is 0.159. The van der Waals surface area contributed by atoms with Crippen molar-refractivity contribution in [2.45, 2.75) is 52.6 Å². The number of rotatable bonds is 5. The number of hydrazine groups is 1. The van der Waals surface area contributed by atoms with Gasteiger partial charge in [0, 0.05) is 12.1 Å². The van der Waals surface area contributed by atoms with E-state index in [1.165, 1.54) is 0 Å². The molecule has 2 nitrogen and oxygen atoms in total. The lowest BCUT2D eigenvalue weighted by atomic mass is 10.1. The SMILES string of the molecule is C=C(C)C(CC)N(N)C(C)CC. The van der Waals surface area contributed by atoms with Crippen LogP contribution in [-0.4, -0.2) is 17.1 Å². The van der Waals surface area contributed by atoms with Crippen molar-refractivity contribution < 1.29 is 0 Å². The van der Waals surface area contributed by atoms with Crippen LogP contribution >= 0.6 is 0 Å². The van der Waals surface area contributed by atoms with Gasteiger partial charge in [-0.05, 0) is 26.7 Å². The van der Waals surface area contributed by atoms with E-state index in [9.17, 15) is 0 Å². The highest BCUT2D eigenvalue weighted by atomic mass is 15.4. The van der Waals surface area contributed by atoms with Crippen molar-refractivity contribution in [1.29, 1.82) is 0 Å². The van der Waals surface area contributed by atoms with E-state index in [0.29, 0.717) is 12.1 Å². The minimum Gasteiger partial charge on any atom is -0.268 e. The van der Waals surface area contributed by atoms with Gasteiger partial charge in [0.25, 0.3) is 0 Å². The predicted octanol–water partition coefficient (Wildman–Crippen LogP) is 2.32. The van der Waals surface area contributed by atoms with E-state index in [1.54, 1.807) is 0 Å². The number of nitrogens with zero attached hydrogens (tertiary/aromatic N) is 1. The van der Waals surface area contributed by atoms with Gasteiger partial charge in [0.2, 0.25) is 0 Å². The van der Waals surface area contributed by atoms with E-state index < -0.39 is 0 Å². The van der Waals surface area contributed by atoms with Gasteiger partial charge in [-0.15, -0.1) is 0 Å². The zero-order valence-corrected chi connectivity index (χ0v) is 8.80. The van der Waals surface area contributed by atoms with E-state index in [4.69, 9.17) is 5.84 Å². The molecule has 0 amide bonds. The van der Waals surface area contributed by atoms with Gasteiger partial charge in [-0.1, -0.05) is 26.0 Å². The standard InChI is InChI=1S/C10H22N2/c1-6-9(5)12(11)10(7-2)8(3)4/h9-10H,3,6-7,11H2,1-2,4-5H3. The summed E-state index contributed by atoms with van der Waals surface area (Å²) in [5.74, 6) is 5.96. The molecule has 2 unspecified atom stereocenters. The Morgan fingerprint density at radius 2 is 1.92 bits per heavy atom. The minimum atomic E-state index is 0.333. The summed E-state index contributed by atoms with van der Waals surface area (Å²) in [6.45, 7) is 12.4. The minimum absolute atomic E-state index is 0.333. The fraction of sp³-hybridized carbons (Fsp3) is 0.800. The molecule has 2 N–H and O–H groups in total. The summed E-state index contributed by atoms with van der Waals surface area (Å²) in [6.07, 6.45) is 2.12. The van der Waals surface area contributed by atoms with Crippen LogP contribution in [0.2, 0.25) is 0 Å². The maximum absolute atomic E-state index is 5.96. The van der Waals surface area contributed by atoms with Crippen molar-refractivity contribution in [3.63, 3.8) is 0 Å². The number of hydrogen-bond donors (Lipinski definition) is 1. The molecule has 0 fully saturated rings. The van der Waals surface area contributed by atoms with Crippen LogP contribution in [0.4, 0.5) is 0 Å². The van der Waals surface area contributed by atoms with E-state index in [1.807, 2.05) is 11.9 Å². The Balaban J connectivity index is 4.20. The molecule has 0 aliphatic heterocycles. The Morgan fingerprint density at radius 3 is 2.17 bits per heavy atom. The average Bonchev–Trinajstić information content (AvgIpc) is 2.03. The molecular formula is C10H22N2. The first-order valence-corrected chi connectivity index (χ1v) is 4.72. The van der Waals surface area contributed by atoms with Crippen LogP contribution in [0.25, 0.3) is 0 Å². The topological polar surface area (TPSA) is 29.3 Å². The van der Waals surface area contributed by atoms with E-state index in [0.717, 1.165) is 18.4 Å². The predicted molar refractivity (Wildman–Crippen MR) is 54.7 cm³/mol. The molecule has 0 aromatic rings. The van der Waals surface area contributed by atoms with Crippen LogP contribution in [0.3, 0.4) is 0 Å². The lowest BCUT2D eigenvalue weighted by Crippen LogP contribution is -2.46. The van der Waals surface area contributed by atoms with Crippen molar-refractivity contribution >= 4 is 0 Å². The molecule has 0 bridgehead atoms. The highest BCUT2D eigenvalue weighted by Crippen LogP contribution is 2.12. The normalized spacial score (nSPS) is 16.2. The second-order valence-electron chi connectivity index (χ2n) is 3.47. The van der Waals surface area contributed by atoms with Crippen LogP contribution in [0.15, 0.2) is 12.2 Å². The third-order valence-corrected chi connectivity index (χ3v) is 2.42. The zero-order valence-electron chi connectivity index (χ0n) is 8.80. The fourth-order valence-electron chi connectivity index (χ4n) is 1.33. The highest BCUT2D eigenvalue weighted by Gasteiger charge is 2.17. The highest BCUT2D eigenvalue weighted by molar-refractivity contribution is 5.01. The molecule has 72 valence electrons. The third-order valence-electron chi connectivity index (χ3n) is 2.42. The molecule has 0 radical (unpaired) electrons. The smallest absolute Gasteiger partial charge is 0.0445 e. The molecule has 2 atom stereocenters. The molecule has 0 spiro atoms. The maximum Gasteiger partial charge on any atom is 0.0445 e. The van der Waals surface area contributed by atoms with Gasteiger partial charge in [-0.25, -0.2) is 5.01 Å². The Morgan fingerprint density at radius 1 is 1.42 bits per heavy atom. The molecule has 0 aromatic carbocycles. The van der Waals surface area contributed by atoms with Gasteiger partial charge in [-0.3, -0.25) is 5.84 Å². The van der Waals surface area contributed by atoms with Crippen molar-refractivity contribution in [3.05, 3.63) is 12.2 Å². The van der Waals surface area contributed by atoms with Crippen LogP contribution in [0, 0.1) is 0 Å². The summed E-state index contributed by atoms with van der Waals surface area (Å²) in [5, 5.41) is 1.92. The fourth-order valence-corrected chi connectivity index (χ4v) is 1.33. The van der Waals surface area contributed by atoms with Crippen LogP contribution in [0.5, 0.6) is 0 Å². The molecule has 0 aliphatic carbocycles. The number of nitrogens with two attached hydrogens (primary N) is 1. The average molecular weight is 170 g/mol. The van der Waals surface area contributed by atoms with Crippen molar-refractivity contribution in [2.24, 2.45) is 5.84 Å². The summed E-state index contributed by atoms with van der Waals surface area (Å²) in [5.41, 5.74) is 1.15. The maximum atomic E-state index is 5.96. The molecule has 0 aliphatic rings. The summed E-state index contributed by atoms with van der Waals surface area (Å²) >= 11 is 0. The Kier molecular flexibility index (Phi) is 5.18. The Bertz CT molecular complexity index is 143. The molecule has 0 saturated heterocycles. The second-order valence-corrected chi connectivity index (χ2v) is 3.47. The van der Waals surface area contributed by atoms with Gasteiger partial charge in [-0.2, -0.15) is 0 Å². The first kappa shape index (κ1) is 11.7. The third kappa shape index (κ3) is 2.95. The van der Waals surface area contributed by atoms with E-state index >= 15 is 0 Å². The molecule has 0 saturated carbocycles. The molecule has 0 heterocycles. The monoisotopic (exact) mass is 170 g/mol. The van der Waals surface area contributed by atoms with Crippen LogP contribution in [-0.2, 0) is 0 Å². The van der Waals surface area contributed by atoms with Crippen LogP contribution < -0.4 is 5.84 Å². The molecular weight excluding hydrogens is 148 g/mol. The Labute approximate surface area is 76.4 Å². The second kappa shape index (κ2) is 5.33. The van der Waals surface area contributed by atoms with Crippen LogP contribution in [0.1, 0.15) is 40.5 Å². The summed E-state index contributed by atoms with van der Waals surface area (Å²) in [6, 6.07) is 0.770. The van der Waals surface area contributed by atoms with Gasteiger partial charge in [0.05, 0.1) is 0 Å². The first-order valence-electron chi connectivity index (χ1n) is 4.72. The van der Waals surface area contributed by atoms with E-state index in [-0.39, 0.29) is 0 Å². The van der Waals surface area contributed by atoms with Crippen molar-refractivity contribution in [1.82, 2.24) is 5.01 Å². The molecule has 0 aromatic heterocycles. The van der Waals surface area contributed by atoms with Gasteiger partial charge in [0.1, 0.15) is 0 Å². The zero-order chi connectivity index (χ0) is 9.72. The van der Waals surface area contributed by atoms with Gasteiger partial charge in [0.15, 0.2) is 0 Å². The first-order chi connectivity index (χ1) is 5.54. The van der Waals surface area contributed by atoms with Crippen molar-refractivity contribution in [2.75, 3.05) is 0 Å². The largest absolute Gasteiger partial charge is 0.268 e. The number of hydrogen-bond acceptors (Lipinski definition) is 2. The van der Waals surface area contributed by atoms with Gasteiger partial charge < -0.3 is 0 Å². The van der Waals surface area contributed by atoms with Crippen molar-refractivity contribution in [3.8, 4) is 0 Å². The summed E-state index contributed by atoms with van der Waals surface area (Å²) in [7, 11) is 0. The molecule has 0 rings (SSSR count). The molecule has 12 heavy (non-hydrogen) atoms. The summed E-state index contributed by atoms with van der Waals surface area (Å²) < 4.78 is 0. The Hall–Kier alpha value is -0.340. The molecule has 2 heteroatoms. The lowest BCUT2D eigenvalue weighted by Gasteiger charge is -2.31. The quantitative estimate of drug-likeness (QED) is 0.390. The van der Waals surface area contributed by atoms with E-state index in [2.05, 4.69) is 27.4 Å².